The zero-order valence-electron chi connectivity index (χ0n) is 9.58. The van der Waals surface area contributed by atoms with E-state index in [9.17, 15) is 5.11 Å². The van der Waals surface area contributed by atoms with Gasteiger partial charge in [-0.2, -0.15) is 0 Å². The SMILES string of the molecule is NCc1cccc(CC2(O)CCNCC2)c1. The fourth-order valence-corrected chi connectivity index (χ4v) is 2.32. The average molecular weight is 220 g/mol. The van der Waals surface area contributed by atoms with Gasteiger partial charge in [0.05, 0.1) is 5.60 Å². The summed E-state index contributed by atoms with van der Waals surface area (Å²) in [6.45, 7) is 2.38. The highest BCUT2D eigenvalue weighted by Crippen LogP contribution is 2.23. The second kappa shape index (κ2) is 4.95. The number of aliphatic hydroxyl groups is 1. The van der Waals surface area contributed by atoms with Crippen LogP contribution in [0.15, 0.2) is 24.3 Å². The molecule has 1 aromatic rings. The fraction of sp³-hybridized carbons (Fsp3) is 0.538. The van der Waals surface area contributed by atoms with E-state index in [2.05, 4.69) is 17.4 Å². The predicted molar refractivity (Wildman–Crippen MR) is 65.1 cm³/mol. The summed E-state index contributed by atoms with van der Waals surface area (Å²) in [4.78, 5) is 0. The maximum atomic E-state index is 10.4. The van der Waals surface area contributed by atoms with E-state index in [1.54, 1.807) is 0 Å². The van der Waals surface area contributed by atoms with Gasteiger partial charge in [0.25, 0.3) is 0 Å². The molecule has 1 aliphatic heterocycles. The molecule has 0 atom stereocenters. The molecule has 1 aliphatic rings. The van der Waals surface area contributed by atoms with Crippen molar-refractivity contribution in [1.29, 1.82) is 0 Å². The number of benzene rings is 1. The maximum absolute atomic E-state index is 10.4. The van der Waals surface area contributed by atoms with Gasteiger partial charge >= 0.3 is 0 Å². The maximum Gasteiger partial charge on any atom is 0.0712 e. The molecule has 2 rings (SSSR count). The van der Waals surface area contributed by atoms with Crippen molar-refractivity contribution in [3.05, 3.63) is 35.4 Å². The Morgan fingerprint density at radius 3 is 2.62 bits per heavy atom. The number of hydrogen-bond acceptors (Lipinski definition) is 3. The predicted octanol–water partition coefficient (Wildman–Crippen LogP) is 0.802. The van der Waals surface area contributed by atoms with Crippen LogP contribution in [0.3, 0.4) is 0 Å². The first-order valence-electron chi connectivity index (χ1n) is 5.93. The Kier molecular flexibility index (Phi) is 3.59. The molecule has 0 bridgehead atoms. The molecule has 88 valence electrons. The van der Waals surface area contributed by atoms with Crippen molar-refractivity contribution >= 4 is 0 Å². The Bertz CT molecular complexity index is 346. The van der Waals surface area contributed by atoms with Gasteiger partial charge in [0, 0.05) is 13.0 Å². The van der Waals surface area contributed by atoms with E-state index in [1.165, 1.54) is 5.56 Å². The number of nitrogens with one attached hydrogen (secondary N) is 1. The van der Waals surface area contributed by atoms with Gasteiger partial charge in [-0.1, -0.05) is 24.3 Å². The Hall–Kier alpha value is -0.900. The van der Waals surface area contributed by atoms with Crippen LogP contribution >= 0.6 is 0 Å². The molecule has 1 saturated heterocycles. The zero-order chi connectivity index (χ0) is 11.4. The van der Waals surface area contributed by atoms with Crippen LogP contribution in [0.1, 0.15) is 24.0 Å². The van der Waals surface area contributed by atoms with Crippen LogP contribution in [0.5, 0.6) is 0 Å². The van der Waals surface area contributed by atoms with E-state index < -0.39 is 5.60 Å². The second-order valence-electron chi connectivity index (χ2n) is 4.68. The van der Waals surface area contributed by atoms with Crippen molar-refractivity contribution < 1.29 is 5.11 Å². The van der Waals surface area contributed by atoms with Crippen LogP contribution < -0.4 is 11.1 Å². The molecular formula is C13H20N2O. The third-order valence-electron chi connectivity index (χ3n) is 3.29. The molecule has 0 unspecified atom stereocenters. The van der Waals surface area contributed by atoms with Gasteiger partial charge in [-0.15, -0.1) is 0 Å². The topological polar surface area (TPSA) is 58.3 Å². The molecule has 0 aliphatic carbocycles. The molecule has 0 radical (unpaired) electrons. The average Bonchev–Trinajstić information content (AvgIpc) is 2.29. The number of hydrogen-bond donors (Lipinski definition) is 3. The molecule has 16 heavy (non-hydrogen) atoms. The van der Waals surface area contributed by atoms with Crippen molar-refractivity contribution in [1.82, 2.24) is 5.32 Å². The van der Waals surface area contributed by atoms with Crippen molar-refractivity contribution in [3.8, 4) is 0 Å². The summed E-state index contributed by atoms with van der Waals surface area (Å²) < 4.78 is 0. The van der Waals surface area contributed by atoms with E-state index in [1.807, 2.05) is 12.1 Å². The van der Waals surface area contributed by atoms with Crippen molar-refractivity contribution in [3.63, 3.8) is 0 Å². The molecule has 0 amide bonds. The van der Waals surface area contributed by atoms with Crippen LogP contribution in [0.4, 0.5) is 0 Å². The molecular weight excluding hydrogens is 200 g/mol. The lowest BCUT2D eigenvalue weighted by atomic mass is 9.86. The van der Waals surface area contributed by atoms with E-state index in [0.29, 0.717) is 6.54 Å². The Morgan fingerprint density at radius 1 is 1.25 bits per heavy atom. The molecule has 0 saturated carbocycles. The van der Waals surface area contributed by atoms with Gasteiger partial charge in [-0.25, -0.2) is 0 Å². The Labute approximate surface area is 96.7 Å². The van der Waals surface area contributed by atoms with Crippen molar-refractivity contribution in [2.45, 2.75) is 31.4 Å². The van der Waals surface area contributed by atoms with E-state index in [0.717, 1.165) is 37.9 Å². The molecule has 3 nitrogen and oxygen atoms in total. The van der Waals surface area contributed by atoms with Gasteiger partial charge < -0.3 is 16.2 Å². The summed E-state index contributed by atoms with van der Waals surface area (Å²) in [5, 5.41) is 13.7. The Balaban J connectivity index is 2.07. The molecule has 3 heteroatoms. The highest BCUT2D eigenvalue weighted by atomic mass is 16.3. The zero-order valence-corrected chi connectivity index (χ0v) is 9.58. The smallest absolute Gasteiger partial charge is 0.0712 e. The van der Waals surface area contributed by atoms with Crippen LogP contribution in [0.25, 0.3) is 0 Å². The van der Waals surface area contributed by atoms with E-state index in [4.69, 9.17) is 5.73 Å². The minimum atomic E-state index is -0.529. The summed E-state index contributed by atoms with van der Waals surface area (Å²) in [5.74, 6) is 0. The van der Waals surface area contributed by atoms with Crippen molar-refractivity contribution in [2.75, 3.05) is 13.1 Å². The third kappa shape index (κ3) is 2.82. The van der Waals surface area contributed by atoms with Gasteiger partial charge in [0.2, 0.25) is 0 Å². The number of nitrogens with two attached hydrogens (primary N) is 1. The monoisotopic (exact) mass is 220 g/mol. The highest BCUT2D eigenvalue weighted by Gasteiger charge is 2.29. The summed E-state index contributed by atoms with van der Waals surface area (Å²) >= 11 is 0. The normalized spacial score (nSPS) is 19.6. The van der Waals surface area contributed by atoms with E-state index in [-0.39, 0.29) is 0 Å². The molecule has 1 fully saturated rings. The van der Waals surface area contributed by atoms with Crippen LogP contribution in [0, 0.1) is 0 Å². The lowest BCUT2D eigenvalue weighted by Crippen LogP contribution is -2.43. The lowest BCUT2D eigenvalue weighted by molar-refractivity contribution is 0.0108. The molecule has 1 heterocycles. The molecule has 0 aromatic heterocycles. The first-order valence-corrected chi connectivity index (χ1v) is 5.93. The van der Waals surface area contributed by atoms with Crippen LogP contribution in [0.2, 0.25) is 0 Å². The van der Waals surface area contributed by atoms with Crippen LogP contribution in [-0.4, -0.2) is 23.8 Å². The molecule has 1 aromatic carbocycles. The minimum Gasteiger partial charge on any atom is -0.389 e. The molecule has 0 spiro atoms. The summed E-state index contributed by atoms with van der Waals surface area (Å²) in [6.07, 6.45) is 2.40. The van der Waals surface area contributed by atoms with Gasteiger partial charge in [0.1, 0.15) is 0 Å². The highest BCUT2D eigenvalue weighted by molar-refractivity contribution is 5.24. The lowest BCUT2D eigenvalue weighted by Gasteiger charge is -2.32. The largest absolute Gasteiger partial charge is 0.389 e. The van der Waals surface area contributed by atoms with Gasteiger partial charge in [-0.05, 0) is 37.1 Å². The first-order chi connectivity index (χ1) is 7.72. The van der Waals surface area contributed by atoms with Gasteiger partial charge in [-0.3, -0.25) is 0 Å². The number of piperidine rings is 1. The standard InChI is InChI=1S/C13H20N2O/c14-10-12-3-1-2-11(8-12)9-13(16)4-6-15-7-5-13/h1-3,8,15-16H,4-7,9-10,14H2. The summed E-state index contributed by atoms with van der Waals surface area (Å²) in [7, 11) is 0. The quantitative estimate of drug-likeness (QED) is 0.706. The first kappa shape index (κ1) is 11.6. The fourth-order valence-electron chi connectivity index (χ4n) is 2.32. The second-order valence-corrected chi connectivity index (χ2v) is 4.68. The minimum absolute atomic E-state index is 0.529. The van der Waals surface area contributed by atoms with Crippen LogP contribution in [-0.2, 0) is 13.0 Å². The Morgan fingerprint density at radius 2 is 1.94 bits per heavy atom. The van der Waals surface area contributed by atoms with Crippen molar-refractivity contribution in [2.24, 2.45) is 5.73 Å². The molecule has 4 N–H and O–H groups in total. The summed E-state index contributed by atoms with van der Waals surface area (Å²) in [6, 6.07) is 8.21. The summed E-state index contributed by atoms with van der Waals surface area (Å²) in [5.41, 5.74) is 7.40. The third-order valence-corrected chi connectivity index (χ3v) is 3.29. The van der Waals surface area contributed by atoms with Gasteiger partial charge in [0.15, 0.2) is 0 Å². The van der Waals surface area contributed by atoms with E-state index >= 15 is 0 Å². The number of rotatable bonds is 3.